The molecule has 0 aliphatic carbocycles. The molecule has 3 aromatic rings. The fourth-order valence-corrected chi connectivity index (χ4v) is 2.58. The number of alkyl halides is 3. The summed E-state index contributed by atoms with van der Waals surface area (Å²) in [4.78, 5) is 12.3. The number of para-hydroxylation sites is 1. The summed E-state index contributed by atoms with van der Waals surface area (Å²) in [5.41, 5.74) is 0.371. The number of methoxy groups -OCH3 is 2. The molecule has 0 spiro atoms. The average molecular weight is 437 g/mol. The molecule has 0 atom stereocenters. The van der Waals surface area contributed by atoms with Crippen LogP contribution < -0.4 is 24.3 Å². The van der Waals surface area contributed by atoms with Crippen molar-refractivity contribution in [1.29, 1.82) is 0 Å². The zero-order valence-electron chi connectivity index (χ0n) is 16.5. The maximum absolute atomic E-state index is 12.3. The maximum Gasteiger partial charge on any atom is 0.573 e. The minimum atomic E-state index is -4.78. The standard InChI is InChI=1S/C20H18F3N3O5/c1-28-16-4-3-5-17(29-2)18(16)30-12-26-11-10-15(25-26)19(27)24-13-6-8-14(9-7-13)31-20(21,22)23/h3-11H,12H2,1-2H3,(H,24,27). The van der Waals surface area contributed by atoms with Crippen LogP contribution in [0.4, 0.5) is 18.9 Å². The highest BCUT2D eigenvalue weighted by molar-refractivity contribution is 6.02. The lowest BCUT2D eigenvalue weighted by Crippen LogP contribution is -2.17. The summed E-state index contributed by atoms with van der Waals surface area (Å²) >= 11 is 0. The van der Waals surface area contributed by atoms with E-state index in [1.807, 2.05) is 0 Å². The fourth-order valence-electron chi connectivity index (χ4n) is 2.58. The Morgan fingerprint density at radius 1 is 1.03 bits per heavy atom. The highest BCUT2D eigenvalue weighted by Gasteiger charge is 2.31. The van der Waals surface area contributed by atoms with Gasteiger partial charge in [0.15, 0.2) is 23.9 Å². The van der Waals surface area contributed by atoms with E-state index in [4.69, 9.17) is 14.2 Å². The number of nitrogens with one attached hydrogen (secondary N) is 1. The van der Waals surface area contributed by atoms with Gasteiger partial charge in [-0.2, -0.15) is 5.10 Å². The molecular weight excluding hydrogens is 419 g/mol. The number of nitrogens with zero attached hydrogens (tertiary/aromatic N) is 2. The molecular formula is C20H18F3N3O5. The van der Waals surface area contributed by atoms with Gasteiger partial charge in [0.2, 0.25) is 5.75 Å². The Morgan fingerprint density at radius 2 is 1.68 bits per heavy atom. The van der Waals surface area contributed by atoms with Gasteiger partial charge < -0.3 is 24.3 Å². The summed E-state index contributed by atoms with van der Waals surface area (Å²) in [6.07, 6.45) is -3.25. The predicted molar refractivity (Wildman–Crippen MR) is 103 cm³/mol. The van der Waals surface area contributed by atoms with E-state index in [9.17, 15) is 18.0 Å². The second-order valence-electron chi connectivity index (χ2n) is 6.03. The average Bonchev–Trinajstić information content (AvgIpc) is 3.21. The lowest BCUT2D eigenvalue weighted by molar-refractivity contribution is -0.274. The number of halogens is 3. The summed E-state index contributed by atoms with van der Waals surface area (Å²) < 4.78 is 58.0. The molecule has 1 N–H and O–H groups in total. The molecule has 3 rings (SSSR count). The fraction of sp³-hybridized carbons (Fsp3) is 0.200. The van der Waals surface area contributed by atoms with Crippen LogP contribution in [0.15, 0.2) is 54.7 Å². The molecule has 0 saturated heterocycles. The number of rotatable bonds is 8. The van der Waals surface area contributed by atoms with Crippen molar-refractivity contribution in [3.63, 3.8) is 0 Å². The molecule has 2 aromatic carbocycles. The van der Waals surface area contributed by atoms with Gasteiger partial charge in [0.05, 0.1) is 14.2 Å². The minimum absolute atomic E-state index is 0.0203. The molecule has 0 aliphatic rings. The largest absolute Gasteiger partial charge is 0.573 e. The molecule has 31 heavy (non-hydrogen) atoms. The monoisotopic (exact) mass is 437 g/mol. The Morgan fingerprint density at radius 3 is 2.26 bits per heavy atom. The Hall–Kier alpha value is -3.89. The summed E-state index contributed by atoms with van der Waals surface area (Å²) in [5.74, 6) is 0.400. The first-order valence-electron chi connectivity index (χ1n) is 8.83. The third-order valence-corrected chi connectivity index (χ3v) is 3.94. The van der Waals surface area contributed by atoms with Crippen molar-refractivity contribution < 1.29 is 36.9 Å². The van der Waals surface area contributed by atoms with Crippen molar-refractivity contribution in [3.8, 4) is 23.0 Å². The molecule has 0 bridgehead atoms. The van der Waals surface area contributed by atoms with Gasteiger partial charge in [0.25, 0.3) is 5.91 Å². The van der Waals surface area contributed by atoms with Crippen LogP contribution >= 0.6 is 0 Å². The van der Waals surface area contributed by atoms with Crippen LogP contribution in [0.2, 0.25) is 0 Å². The first kappa shape index (κ1) is 21.8. The van der Waals surface area contributed by atoms with Gasteiger partial charge in [-0.25, -0.2) is 4.68 Å². The van der Waals surface area contributed by atoms with Gasteiger partial charge >= 0.3 is 6.36 Å². The summed E-state index contributed by atoms with van der Waals surface area (Å²) in [6, 6.07) is 11.4. The van der Waals surface area contributed by atoms with Crippen LogP contribution in [0.3, 0.4) is 0 Å². The van der Waals surface area contributed by atoms with Crippen LogP contribution in [-0.2, 0) is 6.73 Å². The zero-order chi connectivity index (χ0) is 22.4. The van der Waals surface area contributed by atoms with Gasteiger partial charge in [-0.05, 0) is 42.5 Å². The Bertz CT molecular complexity index is 1010. The van der Waals surface area contributed by atoms with Crippen LogP contribution in [0.25, 0.3) is 0 Å². The second kappa shape index (κ2) is 9.28. The number of hydrogen-bond acceptors (Lipinski definition) is 6. The SMILES string of the molecule is COc1cccc(OC)c1OCn1ccc(C(=O)Nc2ccc(OC(F)(F)F)cc2)n1. The van der Waals surface area contributed by atoms with Crippen molar-refractivity contribution in [1.82, 2.24) is 9.78 Å². The topological polar surface area (TPSA) is 83.8 Å². The van der Waals surface area contributed by atoms with Gasteiger partial charge in [-0.3, -0.25) is 4.79 Å². The number of aromatic nitrogens is 2. The summed E-state index contributed by atoms with van der Waals surface area (Å²) in [5, 5.41) is 6.66. The van der Waals surface area contributed by atoms with Crippen molar-refractivity contribution in [2.45, 2.75) is 13.1 Å². The molecule has 11 heteroatoms. The molecule has 8 nitrogen and oxygen atoms in total. The first-order valence-corrected chi connectivity index (χ1v) is 8.83. The van der Waals surface area contributed by atoms with E-state index in [0.29, 0.717) is 17.2 Å². The maximum atomic E-state index is 12.3. The number of anilines is 1. The molecule has 0 unspecified atom stereocenters. The summed E-state index contributed by atoms with van der Waals surface area (Å²) in [7, 11) is 3.00. The molecule has 1 heterocycles. The van der Waals surface area contributed by atoms with Crippen molar-refractivity contribution in [2.24, 2.45) is 0 Å². The molecule has 0 radical (unpaired) electrons. The first-order chi connectivity index (χ1) is 14.8. The van der Waals surface area contributed by atoms with Crippen molar-refractivity contribution in [2.75, 3.05) is 19.5 Å². The molecule has 164 valence electrons. The number of amides is 1. The second-order valence-corrected chi connectivity index (χ2v) is 6.03. The number of carbonyl (C=O) groups excluding carboxylic acids is 1. The number of benzene rings is 2. The van der Waals surface area contributed by atoms with E-state index in [2.05, 4.69) is 15.2 Å². The Kier molecular flexibility index (Phi) is 6.53. The van der Waals surface area contributed by atoms with Crippen LogP contribution in [0.5, 0.6) is 23.0 Å². The van der Waals surface area contributed by atoms with E-state index in [1.165, 1.54) is 43.3 Å². The van der Waals surface area contributed by atoms with Crippen molar-refractivity contribution >= 4 is 11.6 Å². The normalized spacial score (nSPS) is 11.0. The quantitative estimate of drug-likeness (QED) is 0.572. The number of hydrogen-bond donors (Lipinski definition) is 1. The molecule has 1 aromatic heterocycles. The highest BCUT2D eigenvalue weighted by Crippen LogP contribution is 2.36. The summed E-state index contributed by atoms with van der Waals surface area (Å²) in [6.45, 7) is -0.0203. The molecule has 1 amide bonds. The van der Waals surface area contributed by atoms with Crippen molar-refractivity contribution in [3.05, 3.63) is 60.4 Å². The van der Waals surface area contributed by atoms with E-state index < -0.39 is 18.0 Å². The van der Waals surface area contributed by atoms with E-state index in [1.54, 1.807) is 18.2 Å². The molecule has 0 aliphatic heterocycles. The van der Waals surface area contributed by atoms with Crippen LogP contribution in [-0.4, -0.2) is 36.3 Å². The zero-order valence-corrected chi connectivity index (χ0v) is 16.5. The van der Waals surface area contributed by atoms with E-state index >= 15 is 0 Å². The number of ether oxygens (including phenoxy) is 4. The molecule has 0 fully saturated rings. The van der Waals surface area contributed by atoms with Gasteiger partial charge in [-0.1, -0.05) is 6.07 Å². The van der Waals surface area contributed by atoms with Crippen LogP contribution in [0.1, 0.15) is 10.5 Å². The van der Waals surface area contributed by atoms with E-state index in [-0.39, 0.29) is 18.1 Å². The van der Waals surface area contributed by atoms with Gasteiger partial charge in [0.1, 0.15) is 5.75 Å². The number of carbonyl (C=O) groups is 1. The minimum Gasteiger partial charge on any atom is -0.493 e. The third kappa shape index (κ3) is 5.81. The Labute approximate surface area is 175 Å². The molecule has 0 saturated carbocycles. The smallest absolute Gasteiger partial charge is 0.493 e. The predicted octanol–water partition coefficient (Wildman–Crippen LogP) is 4.09. The lowest BCUT2D eigenvalue weighted by Gasteiger charge is -2.13. The lowest BCUT2D eigenvalue weighted by atomic mass is 10.3. The van der Waals surface area contributed by atoms with Crippen LogP contribution in [0, 0.1) is 0 Å². The van der Waals surface area contributed by atoms with Gasteiger partial charge in [0, 0.05) is 11.9 Å². The van der Waals surface area contributed by atoms with Gasteiger partial charge in [-0.15, -0.1) is 13.2 Å². The highest BCUT2D eigenvalue weighted by atomic mass is 19.4. The third-order valence-electron chi connectivity index (χ3n) is 3.94. The Balaban J connectivity index is 1.61. The van der Waals surface area contributed by atoms with E-state index in [0.717, 1.165) is 12.1 Å².